The fourth-order valence-electron chi connectivity index (χ4n) is 2.28. The lowest BCUT2D eigenvalue weighted by molar-refractivity contribution is 0.0692. The summed E-state index contributed by atoms with van der Waals surface area (Å²) in [6.07, 6.45) is 3.51. The second-order valence-corrected chi connectivity index (χ2v) is 5.12. The van der Waals surface area contributed by atoms with Crippen molar-refractivity contribution in [3.05, 3.63) is 17.5 Å². The molecule has 1 heterocycles. The van der Waals surface area contributed by atoms with Crippen molar-refractivity contribution in [3.8, 4) is 0 Å². The van der Waals surface area contributed by atoms with Crippen LogP contribution < -0.4 is 10.6 Å². The van der Waals surface area contributed by atoms with Crippen molar-refractivity contribution >= 4 is 17.7 Å². The zero-order chi connectivity index (χ0) is 14.0. The molecule has 104 valence electrons. The molecule has 0 saturated heterocycles. The quantitative estimate of drug-likeness (QED) is 0.673. The Kier molecular flexibility index (Phi) is 3.78. The molecular weight excluding hydrogens is 246 g/mol. The number of carbonyl (C=O) groups excluding carboxylic acids is 1. The van der Waals surface area contributed by atoms with Crippen molar-refractivity contribution in [1.82, 2.24) is 10.3 Å². The summed E-state index contributed by atoms with van der Waals surface area (Å²) in [7, 11) is 0. The number of aryl methyl sites for hydroxylation is 1. The summed E-state index contributed by atoms with van der Waals surface area (Å²) in [5.74, 6) is -0.548. The van der Waals surface area contributed by atoms with Crippen molar-refractivity contribution in [2.75, 3.05) is 5.32 Å². The van der Waals surface area contributed by atoms with Crippen LogP contribution in [0.5, 0.6) is 0 Å². The van der Waals surface area contributed by atoms with Gasteiger partial charge in [-0.25, -0.2) is 9.59 Å². The number of aromatic nitrogens is 1. The second-order valence-electron chi connectivity index (χ2n) is 5.12. The summed E-state index contributed by atoms with van der Waals surface area (Å²) in [5.41, 5.74) is 0.993. The lowest BCUT2D eigenvalue weighted by Crippen LogP contribution is -2.42. The molecule has 1 aliphatic carbocycles. The van der Waals surface area contributed by atoms with Crippen molar-refractivity contribution in [3.63, 3.8) is 0 Å². The van der Waals surface area contributed by atoms with Crippen molar-refractivity contribution in [1.29, 1.82) is 0 Å². The maximum Gasteiger partial charge on any atom is 0.354 e. The molecule has 1 aromatic rings. The average molecular weight is 265 g/mol. The summed E-state index contributed by atoms with van der Waals surface area (Å²) in [4.78, 5) is 25.5. The lowest BCUT2D eigenvalue weighted by Gasteiger charge is -2.31. The molecule has 0 spiro atoms. The van der Waals surface area contributed by atoms with Gasteiger partial charge in [-0.3, -0.25) is 0 Å². The maximum absolute atomic E-state index is 11.8. The fraction of sp³-hybridized carbons (Fsp3) is 0.538. The van der Waals surface area contributed by atoms with Crippen LogP contribution in [-0.4, -0.2) is 28.1 Å². The Morgan fingerprint density at radius 1 is 1.47 bits per heavy atom. The minimum atomic E-state index is -1.09. The third-order valence-electron chi connectivity index (χ3n) is 3.63. The van der Waals surface area contributed by atoms with Gasteiger partial charge in [0.2, 0.25) is 0 Å². The van der Waals surface area contributed by atoms with E-state index >= 15 is 0 Å². The number of aromatic carboxylic acids is 1. The van der Waals surface area contributed by atoms with E-state index in [9.17, 15) is 9.59 Å². The third-order valence-corrected chi connectivity index (χ3v) is 3.63. The number of aromatic amines is 1. The number of carbonyl (C=O) groups is 2. The van der Waals surface area contributed by atoms with Crippen LogP contribution in [0.1, 0.15) is 42.4 Å². The van der Waals surface area contributed by atoms with Crippen LogP contribution >= 0.6 is 0 Å². The van der Waals surface area contributed by atoms with Gasteiger partial charge in [-0.2, -0.15) is 0 Å². The van der Waals surface area contributed by atoms with Gasteiger partial charge in [-0.15, -0.1) is 0 Å². The first-order valence-corrected chi connectivity index (χ1v) is 6.48. The molecule has 19 heavy (non-hydrogen) atoms. The van der Waals surface area contributed by atoms with Gasteiger partial charge < -0.3 is 20.7 Å². The first kappa shape index (κ1) is 13.5. The summed E-state index contributed by atoms with van der Waals surface area (Å²) >= 11 is 0. The van der Waals surface area contributed by atoms with Gasteiger partial charge in [0.25, 0.3) is 0 Å². The molecule has 1 unspecified atom stereocenters. The molecule has 1 atom stereocenters. The molecule has 0 bridgehead atoms. The van der Waals surface area contributed by atoms with Gasteiger partial charge in [-0.05, 0) is 38.7 Å². The van der Waals surface area contributed by atoms with Crippen LogP contribution in [0.2, 0.25) is 0 Å². The number of nitrogens with one attached hydrogen (secondary N) is 3. The minimum Gasteiger partial charge on any atom is -0.477 e. The molecule has 2 rings (SSSR count). The van der Waals surface area contributed by atoms with E-state index in [-0.39, 0.29) is 17.8 Å². The Balaban J connectivity index is 1.96. The molecule has 1 fully saturated rings. The number of hydrogen-bond acceptors (Lipinski definition) is 2. The highest BCUT2D eigenvalue weighted by Crippen LogP contribution is 2.29. The first-order chi connectivity index (χ1) is 8.97. The Bertz CT molecular complexity index is 491. The summed E-state index contributed by atoms with van der Waals surface area (Å²) in [6, 6.07) is 1.36. The topological polar surface area (TPSA) is 94.2 Å². The Morgan fingerprint density at radius 3 is 2.68 bits per heavy atom. The maximum atomic E-state index is 11.8. The number of anilines is 1. The van der Waals surface area contributed by atoms with E-state index in [0.717, 1.165) is 12.8 Å². The van der Waals surface area contributed by atoms with Gasteiger partial charge in [0, 0.05) is 11.7 Å². The Labute approximate surface area is 111 Å². The SMILES string of the molecule is Cc1cc(NC(=O)NC(C)C2CCC2)c(C(=O)O)[nH]1. The van der Waals surface area contributed by atoms with Gasteiger partial charge in [0.15, 0.2) is 0 Å². The number of urea groups is 1. The van der Waals surface area contributed by atoms with Crippen LogP contribution in [-0.2, 0) is 0 Å². The van der Waals surface area contributed by atoms with Gasteiger partial charge in [0.05, 0.1) is 5.69 Å². The zero-order valence-electron chi connectivity index (χ0n) is 11.1. The van der Waals surface area contributed by atoms with Crippen molar-refractivity contribution < 1.29 is 14.7 Å². The van der Waals surface area contributed by atoms with E-state index in [2.05, 4.69) is 15.6 Å². The van der Waals surface area contributed by atoms with Crippen molar-refractivity contribution in [2.45, 2.75) is 39.2 Å². The number of H-pyrrole nitrogens is 1. The van der Waals surface area contributed by atoms with Crippen molar-refractivity contribution in [2.24, 2.45) is 5.92 Å². The molecule has 1 saturated carbocycles. The fourth-order valence-corrected chi connectivity index (χ4v) is 2.28. The van der Waals surface area contributed by atoms with E-state index in [1.54, 1.807) is 13.0 Å². The van der Waals surface area contributed by atoms with E-state index in [1.807, 2.05) is 6.92 Å². The van der Waals surface area contributed by atoms with Gasteiger partial charge >= 0.3 is 12.0 Å². The summed E-state index contributed by atoms with van der Waals surface area (Å²) in [5, 5.41) is 14.4. The van der Waals surface area contributed by atoms with Crippen LogP contribution in [0, 0.1) is 12.8 Å². The largest absolute Gasteiger partial charge is 0.477 e. The Morgan fingerprint density at radius 2 is 2.16 bits per heavy atom. The summed E-state index contributed by atoms with van der Waals surface area (Å²) in [6.45, 7) is 3.72. The number of rotatable bonds is 4. The first-order valence-electron chi connectivity index (χ1n) is 6.48. The van der Waals surface area contributed by atoms with Gasteiger partial charge in [0.1, 0.15) is 5.69 Å². The number of carboxylic acids is 1. The lowest BCUT2D eigenvalue weighted by atomic mass is 9.80. The molecule has 1 aliphatic rings. The predicted octanol–water partition coefficient (Wildman–Crippen LogP) is 2.33. The number of amides is 2. The molecular formula is C13H19N3O3. The van der Waals surface area contributed by atoms with Crippen LogP contribution in [0.25, 0.3) is 0 Å². The van der Waals surface area contributed by atoms with Crippen LogP contribution in [0.4, 0.5) is 10.5 Å². The number of carboxylic acid groups (broad SMARTS) is 1. The molecule has 0 radical (unpaired) electrons. The highest BCUT2D eigenvalue weighted by Gasteiger charge is 2.25. The number of hydrogen-bond donors (Lipinski definition) is 4. The average Bonchev–Trinajstić information content (AvgIpc) is 2.56. The van der Waals surface area contributed by atoms with E-state index in [4.69, 9.17) is 5.11 Å². The standard InChI is InChI=1S/C13H19N3O3/c1-7-6-10(11(14-7)12(17)18)16-13(19)15-8(2)9-4-3-5-9/h6,8-9,14H,3-5H2,1-2H3,(H,17,18)(H2,15,16,19). The monoisotopic (exact) mass is 265 g/mol. The highest BCUT2D eigenvalue weighted by atomic mass is 16.4. The minimum absolute atomic E-state index is 0.00365. The van der Waals surface area contributed by atoms with Crippen LogP contribution in [0.15, 0.2) is 6.07 Å². The molecule has 4 N–H and O–H groups in total. The van der Waals surface area contributed by atoms with Gasteiger partial charge in [-0.1, -0.05) is 6.42 Å². The van der Waals surface area contributed by atoms with E-state index < -0.39 is 5.97 Å². The molecule has 0 aromatic carbocycles. The smallest absolute Gasteiger partial charge is 0.354 e. The molecule has 0 aliphatic heterocycles. The second kappa shape index (κ2) is 5.34. The third kappa shape index (κ3) is 3.07. The normalized spacial score (nSPS) is 16.5. The molecule has 1 aromatic heterocycles. The van der Waals surface area contributed by atoms with E-state index in [0.29, 0.717) is 17.3 Å². The molecule has 6 heteroatoms. The Hall–Kier alpha value is -1.98. The van der Waals surface area contributed by atoms with E-state index in [1.165, 1.54) is 6.42 Å². The molecule has 6 nitrogen and oxygen atoms in total. The zero-order valence-corrected chi connectivity index (χ0v) is 11.1. The molecule has 2 amide bonds. The van der Waals surface area contributed by atoms with Crippen LogP contribution in [0.3, 0.4) is 0 Å². The highest BCUT2D eigenvalue weighted by molar-refractivity contribution is 5.99. The predicted molar refractivity (Wildman–Crippen MR) is 71.4 cm³/mol. The summed E-state index contributed by atoms with van der Waals surface area (Å²) < 4.78 is 0.